The van der Waals surface area contributed by atoms with Crippen LogP contribution >= 0.6 is 0 Å². The third-order valence-corrected chi connectivity index (χ3v) is 3.91. The molecule has 4 heteroatoms. The van der Waals surface area contributed by atoms with E-state index in [0.717, 1.165) is 19.4 Å². The minimum absolute atomic E-state index is 0.132. The summed E-state index contributed by atoms with van der Waals surface area (Å²) in [7, 11) is 0. The van der Waals surface area contributed by atoms with Crippen LogP contribution in [0.3, 0.4) is 0 Å². The third-order valence-electron chi connectivity index (χ3n) is 3.91. The van der Waals surface area contributed by atoms with Crippen molar-refractivity contribution in [2.24, 2.45) is 5.92 Å². The maximum Gasteiger partial charge on any atom is 0.314 e. The molecule has 0 heterocycles. The van der Waals surface area contributed by atoms with Crippen molar-refractivity contribution in [3.8, 4) is 0 Å². The van der Waals surface area contributed by atoms with Gasteiger partial charge in [0.1, 0.15) is 0 Å². The number of carbonyl (C=O) groups is 1. The topological polar surface area (TPSA) is 61.4 Å². The van der Waals surface area contributed by atoms with Gasteiger partial charge in [-0.05, 0) is 36.7 Å². The van der Waals surface area contributed by atoms with Gasteiger partial charge in [-0.25, -0.2) is 4.79 Å². The Morgan fingerprint density at radius 2 is 2.10 bits per heavy atom. The monoisotopic (exact) mass is 276 g/mol. The molecule has 3 N–H and O–H groups in total. The summed E-state index contributed by atoms with van der Waals surface area (Å²) in [4.78, 5) is 11.6. The van der Waals surface area contributed by atoms with Crippen LogP contribution in [-0.2, 0) is 0 Å². The summed E-state index contributed by atoms with van der Waals surface area (Å²) in [6, 6.07) is 10.3. The molecule has 20 heavy (non-hydrogen) atoms. The molecule has 0 aliphatic heterocycles. The zero-order valence-electron chi connectivity index (χ0n) is 12.0. The van der Waals surface area contributed by atoms with Gasteiger partial charge in [-0.15, -0.1) is 0 Å². The molecule has 110 valence electrons. The highest BCUT2D eigenvalue weighted by Gasteiger charge is 2.37. The summed E-state index contributed by atoms with van der Waals surface area (Å²) in [5, 5.41) is 15.1. The lowest BCUT2D eigenvalue weighted by molar-refractivity contribution is 0.160. The average molecular weight is 276 g/mol. The molecule has 3 atom stereocenters. The highest BCUT2D eigenvalue weighted by atomic mass is 16.3. The van der Waals surface area contributed by atoms with Gasteiger partial charge in [0.15, 0.2) is 0 Å². The van der Waals surface area contributed by atoms with E-state index in [-0.39, 0.29) is 12.1 Å². The quantitative estimate of drug-likeness (QED) is 0.715. The summed E-state index contributed by atoms with van der Waals surface area (Å²) in [6.07, 6.45) is 2.17. The largest absolute Gasteiger partial charge is 0.393 e. The lowest BCUT2D eigenvalue weighted by Crippen LogP contribution is -2.38. The van der Waals surface area contributed by atoms with Gasteiger partial charge >= 0.3 is 6.03 Å². The summed E-state index contributed by atoms with van der Waals surface area (Å²) in [6.45, 7) is 3.18. The van der Waals surface area contributed by atoms with E-state index >= 15 is 0 Å². The van der Waals surface area contributed by atoms with E-state index in [1.165, 1.54) is 5.56 Å². The van der Waals surface area contributed by atoms with Gasteiger partial charge in [0.2, 0.25) is 0 Å². The van der Waals surface area contributed by atoms with Crippen molar-refractivity contribution in [2.75, 3.05) is 13.1 Å². The molecule has 3 unspecified atom stereocenters. The number of nitrogens with one attached hydrogen (secondary N) is 2. The lowest BCUT2D eigenvalue weighted by atomic mass is 10.1. The van der Waals surface area contributed by atoms with Crippen LogP contribution in [0.15, 0.2) is 30.3 Å². The van der Waals surface area contributed by atoms with E-state index < -0.39 is 0 Å². The van der Waals surface area contributed by atoms with E-state index in [1.54, 1.807) is 0 Å². The Hall–Kier alpha value is -1.55. The number of aliphatic hydroxyl groups excluding tert-OH is 1. The molecule has 0 bridgehead atoms. The Bertz CT molecular complexity index is 422. The number of aliphatic hydroxyl groups is 1. The van der Waals surface area contributed by atoms with Crippen LogP contribution in [0.2, 0.25) is 0 Å². The number of hydrogen-bond acceptors (Lipinski definition) is 2. The molecule has 0 aromatic heterocycles. The molecule has 1 aliphatic carbocycles. The zero-order chi connectivity index (χ0) is 14.4. The van der Waals surface area contributed by atoms with Crippen LogP contribution in [0.1, 0.15) is 37.7 Å². The Labute approximate surface area is 120 Å². The van der Waals surface area contributed by atoms with Crippen LogP contribution in [0.5, 0.6) is 0 Å². The molecular formula is C16H24N2O2. The number of benzene rings is 1. The van der Waals surface area contributed by atoms with E-state index in [4.69, 9.17) is 0 Å². The molecule has 0 radical (unpaired) electrons. The van der Waals surface area contributed by atoms with Gasteiger partial charge in [-0.1, -0.05) is 37.3 Å². The molecule has 4 nitrogen and oxygen atoms in total. The van der Waals surface area contributed by atoms with Crippen LogP contribution < -0.4 is 10.6 Å². The standard InChI is InChI=1S/C16H24N2O2/c1-2-14(19)8-9-17-16(20)18-11-13-10-15(13)12-6-4-3-5-7-12/h3-7,13-15,19H,2,8-11H2,1H3,(H2,17,18,20). The maximum absolute atomic E-state index is 11.6. The third kappa shape index (κ3) is 4.53. The molecule has 2 amide bonds. The number of hydrogen-bond donors (Lipinski definition) is 3. The summed E-state index contributed by atoms with van der Waals surface area (Å²) >= 11 is 0. The maximum atomic E-state index is 11.6. The van der Waals surface area contributed by atoms with Gasteiger partial charge in [0.25, 0.3) is 0 Å². The fraction of sp³-hybridized carbons (Fsp3) is 0.562. The molecule has 2 rings (SSSR count). The van der Waals surface area contributed by atoms with Gasteiger partial charge in [0.05, 0.1) is 6.10 Å². The summed E-state index contributed by atoms with van der Waals surface area (Å²) in [5.74, 6) is 1.16. The Morgan fingerprint density at radius 3 is 2.80 bits per heavy atom. The van der Waals surface area contributed by atoms with Gasteiger partial charge < -0.3 is 15.7 Å². The lowest BCUT2D eigenvalue weighted by Gasteiger charge is -2.10. The number of amides is 2. The van der Waals surface area contributed by atoms with Crippen LogP contribution in [0.25, 0.3) is 0 Å². The van der Waals surface area contributed by atoms with Crippen LogP contribution in [-0.4, -0.2) is 30.3 Å². The Kier molecular flexibility index (Phi) is 5.41. The molecular weight excluding hydrogens is 252 g/mol. The molecule has 1 aromatic rings. The number of urea groups is 1. The molecule has 1 saturated carbocycles. The fourth-order valence-electron chi connectivity index (χ4n) is 2.42. The predicted octanol–water partition coefficient (Wildman–Crippen LogP) is 2.25. The first kappa shape index (κ1) is 14.9. The minimum Gasteiger partial charge on any atom is -0.393 e. The van der Waals surface area contributed by atoms with E-state index in [0.29, 0.717) is 24.8 Å². The SMILES string of the molecule is CCC(O)CCNC(=O)NCC1CC1c1ccccc1. The molecule has 1 aromatic carbocycles. The van der Waals surface area contributed by atoms with Crippen molar-refractivity contribution in [3.63, 3.8) is 0 Å². The Balaban J connectivity index is 1.59. The fourth-order valence-corrected chi connectivity index (χ4v) is 2.42. The second-order valence-corrected chi connectivity index (χ2v) is 5.50. The Morgan fingerprint density at radius 1 is 1.35 bits per heavy atom. The van der Waals surface area contributed by atoms with Gasteiger partial charge in [-0.2, -0.15) is 0 Å². The van der Waals surface area contributed by atoms with Crippen LogP contribution in [0, 0.1) is 5.92 Å². The minimum atomic E-state index is -0.318. The van der Waals surface area contributed by atoms with Gasteiger partial charge in [-0.3, -0.25) is 0 Å². The van der Waals surface area contributed by atoms with Crippen molar-refractivity contribution in [2.45, 2.75) is 38.2 Å². The van der Waals surface area contributed by atoms with Crippen molar-refractivity contribution < 1.29 is 9.90 Å². The van der Waals surface area contributed by atoms with Crippen molar-refractivity contribution >= 4 is 6.03 Å². The van der Waals surface area contributed by atoms with E-state index in [1.807, 2.05) is 13.0 Å². The predicted molar refractivity (Wildman–Crippen MR) is 79.6 cm³/mol. The van der Waals surface area contributed by atoms with Gasteiger partial charge in [0, 0.05) is 13.1 Å². The number of rotatable bonds is 7. The summed E-state index contributed by atoms with van der Waals surface area (Å²) in [5.41, 5.74) is 1.37. The molecule has 0 spiro atoms. The molecule has 1 fully saturated rings. The zero-order valence-corrected chi connectivity index (χ0v) is 12.0. The molecule has 1 aliphatic rings. The smallest absolute Gasteiger partial charge is 0.314 e. The van der Waals surface area contributed by atoms with Crippen molar-refractivity contribution in [1.82, 2.24) is 10.6 Å². The average Bonchev–Trinajstić information content (AvgIpc) is 3.25. The van der Waals surface area contributed by atoms with Crippen molar-refractivity contribution in [3.05, 3.63) is 35.9 Å². The van der Waals surface area contributed by atoms with E-state index in [9.17, 15) is 9.90 Å². The first-order valence-electron chi connectivity index (χ1n) is 7.45. The second-order valence-electron chi connectivity index (χ2n) is 5.50. The first-order valence-corrected chi connectivity index (χ1v) is 7.45. The normalized spacial score (nSPS) is 22.1. The van der Waals surface area contributed by atoms with Crippen LogP contribution in [0.4, 0.5) is 4.79 Å². The van der Waals surface area contributed by atoms with Crippen molar-refractivity contribution in [1.29, 1.82) is 0 Å². The second kappa shape index (κ2) is 7.29. The summed E-state index contributed by atoms with van der Waals surface area (Å²) < 4.78 is 0. The highest BCUT2D eigenvalue weighted by molar-refractivity contribution is 5.73. The highest BCUT2D eigenvalue weighted by Crippen LogP contribution is 2.46. The van der Waals surface area contributed by atoms with E-state index in [2.05, 4.69) is 34.9 Å². The number of carbonyl (C=O) groups excluding carboxylic acids is 1. The molecule has 0 saturated heterocycles. The first-order chi connectivity index (χ1) is 9.70.